The second-order valence-electron chi connectivity index (χ2n) is 5.60. The summed E-state index contributed by atoms with van der Waals surface area (Å²) in [4.78, 5) is 26.5. The minimum Gasteiger partial charge on any atom is -0.353 e. The average Bonchev–Trinajstić information content (AvgIpc) is 2.98. The summed E-state index contributed by atoms with van der Waals surface area (Å²) in [7, 11) is 0. The van der Waals surface area contributed by atoms with Crippen LogP contribution in [0, 0.1) is 0 Å². The van der Waals surface area contributed by atoms with Crippen molar-refractivity contribution in [2.75, 3.05) is 6.54 Å². The van der Waals surface area contributed by atoms with E-state index in [9.17, 15) is 9.59 Å². The maximum Gasteiger partial charge on any atom is 0.289 e. The molecule has 1 heterocycles. The minimum atomic E-state index is -0.220. The number of nitrogens with one attached hydrogen (secondary N) is 3. The highest BCUT2D eigenvalue weighted by atomic mass is 16.2. The first kappa shape index (κ1) is 16.4. The van der Waals surface area contributed by atoms with Gasteiger partial charge in [0.2, 0.25) is 11.7 Å². The predicted octanol–water partition coefficient (Wildman–Crippen LogP) is -0.127. The molecule has 1 aromatic rings. The van der Waals surface area contributed by atoms with Gasteiger partial charge in [0.25, 0.3) is 5.91 Å². The maximum absolute atomic E-state index is 12.1. The van der Waals surface area contributed by atoms with E-state index >= 15 is 0 Å². The van der Waals surface area contributed by atoms with Crippen LogP contribution in [0.15, 0.2) is 0 Å². The van der Waals surface area contributed by atoms with Gasteiger partial charge in [-0.25, -0.2) is 0 Å². The number of hydrogen-bond donors (Lipinski definition) is 4. The SMILES string of the molecule is CCc1nnc(C(=O)NC2CCC(NC(=O)CCN)CC2)[nH]1. The van der Waals surface area contributed by atoms with E-state index < -0.39 is 0 Å². The molecule has 2 rings (SSSR count). The van der Waals surface area contributed by atoms with Gasteiger partial charge in [-0.15, -0.1) is 10.2 Å². The molecular formula is C14H24N6O2. The second-order valence-corrected chi connectivity index (χ2v) is 5.60. The highest BCUT2D eigenvalue weighted by Gasteiger charge is 2.24. The van der Waals surface area contributed by atoms with Crippen LogP contribution in [0.1, 0.15) is 55.5 Å². The molecule has 8 heteroatoms. The Bertz CT molecular complexity index is 507. The topological polar surface area (TPSA) is 126 Å². The van der Waals surface area contributed by atoms with Gasteiger partial charge in [-0.3, -0.25) is 9.59 Å². The number of amides is 2. The lowest BCUT2D eigenvalue weighted by molar-refractivity contribution is -0.121. The van der Waals surface area contributed by atoms with Crippen molar-refractivity contribution in [3.05, 3.63) is 11.6 Å². The molecule has 22 heavy (non-hydrogen) atoms. The van der Waals surface area contributed by atoms with Crippen LogP contribution in [-0.2, 0) is 11.2 Å². The number of H-pyrrole nitrogens is 1. The Morgan fingerprint density at radius 2 is 1.82 bits per heavy atom. The zero-order chi connectivity index (χ0) is 15.9. The van der Waals surface area contributed by atoms with Crippen LogP contribution in [0.4, 0.5) is 0 Å². The summed E-state index contributed by atoms with van der Waals surface area (Å²) in [6.45, 7) is 2.32. The molecule has 0 bridgehead atoms. The summed E-state index contributed by atoms with van der Waals surface area (Å²) in [6, 6.07) is 0.300. The molecule has 8 nitrogen and oxygen atoms in total. The number of carbonyl (C=O) groups is 2. The van der Waals surface area contributed by atoms with E-state index in [0.717, 1.165) is 25.7 Å². The maximum atomic E-state index is 12.1. The standard InChI is InChI=1S/C14H24N6O2/c1-2-11-18-13(20-19-11)14(22)17-10-5-3-9(4-6-10)16-12(21)7-8-15/h9-10H,2-8,15H2,1H3,(H,16,21)(H,17,22)(H,18,19,20). The van der Waals surface area contributed by atoms with Crippen LogP contribution in [0.2, 0.25) is 0 Å². The first-order valence-electron chi connectivity index (χ1n) is 7.84. The Morgan fingerprint density at radius 3 is 2.36 bits per heavy atom. The zero-order valence-electron chi connectivity index (χ0n) is 12.9. The van der Waals surface area contributed by atoms with E-state index in [4.69, 9.17) is 5.73 Å². The molecule has 1 aliphatic carbocycles. The van der Waals surface area contributed by atoms with Crippen LogP contribution >= 0.6 is 0 Å². The van der Waals surface area contributed by atoms with Gasteiger partial charge in [0.1, 0.15) is 5.82 Å². The average molecular weight is 308 g/mol. The van der Waals surface area contributed by atoms with Crippen molar-refractivity contribution >= 4 is 11.8 Å². The van der Waals surface area contributed by atoms with Crippen LogP contribution in [0.3, 0.4) is 0 Å². The number of aromatic amines is 1. The number of rotatable bonds is 6. The number of hydrogen-bond acceptors (Lipinski definition) is 5. The zero-order valence-corrected chi connectivity index (χ0v) is 12.9. The molecule has 0 spiro atoms. The molecule has 0 saturated heterocycles. The Hall–Kier alpha value is -1.96. The van der Waals surface area contributed by atoms with E-state index in [1.165, 1.54) is 0 Å². The Kier molecular flexibility index (Phi) is 5.88. The van der Waals surface area contributed by atoms with Crippen molar-refractivity contribution in [2.45, 2.75) is 57.5 Å². The highest BCUT2D eigenvalue weighted by molar-refractivity contribution is 5.90. The first-order chi connectivity index (χ1) is 10.6. The highest BCUT2D eigenvalue weighted by Crippen LogP contribution is 2.19. The van der Waals surface area contributed by atoms with Crippen LogP contribution in [0.5, 0.6) is 0 Å². The summed E-state index contributed by atoms with van der Waals surface area (Å²) in [5, 5.41) is 13.7. The summed E-state index contributed by atoms with van der Waals surface area (Å²) >= 11 is 0. The van der Waals surface area contributed by atoms with Gasteiger partial charge in [0.05, 0.1) is 0 Å². The molecule has 1 fully saturated rings. The van der Waals surface area contributed by atoms with Crippen molar-refractivity contribution in [1.29, 1.82) is 0 Å². The van der Waals surface area contributed by atoms with E-state index in [2.05, 4.69) is 25.8 Å². The molecule has 0 atom stereocenters. The van der Waals surface area contributed by atoms with Gasteiger partial charge in [0.15, 0.2) is 0 Å². The van der Waals surface area contributed by atoms with Crippen molar-refractivity contribution in [1.82, 2.24) is 25.8 Å². The number of nitrogens with zero attached hydrogens (tertiary/aromatic N) is 2. The first-order valence-corrected chi connectivity index (χ1v) is 7.84. The van der Waals surface area contributed by atoms with E-state index in [0.29, 0.717) is 25.2 Å². The van der Waals surface area contributed by atoms with Crippen molar-refractivity contribution < 1.29 is 9.59 Å². The molecule has 1 aromatic heterocycles. The summed E-state index contributed by atoms with van der Waals surface area (Å²) < 4.78 is 0. The molecule has 1 saturated carbocycles. The molecule has 0 radical (unpaired) electrons. The Balaban J connectivity index is 1.75. The monoisotopic (exact) mass is 308 g/mol. The van der Waals surface area contributed by atoms with Gasteiger partial charge in [-0.05, 0) is 25.7 Å². The fourth-order valence-electron chi connectivity index (χ4n) is 2.63. The fraction of sp³-hybridized carbons (Fsp3) is 0.714. The predicted molar refractivity (Wildman–Crippen MR) is 81.1 cm³/mol. The molecule has 1 aliphatic rings. The lowest BCUT2D eigenvalue weighted by Crippen LogP contribution is -2.44. The number of aryl methyl sites for hydroxylation is 1. The van der Waals surface area contributed by atoms with Gasteiger partial charge in [-0.2, -0.15) is 0 Å². The Labute approximate surface area is 129 Å². The van der Waals surface area contributed by atoms with E-state index in [1.54, 1.807) is 0 Å². The third kappa shape index (κ3) is 4.52. The molecule has 122 valence electrons. The molecule has 5 N–H and O–H groups in total. The smallest absolute Gasteiger partial charge is 0.289 e. The van der Waals surface area contributed by atoms with E-state index in [-0.39, 0.29) is 29.7 Å². The van der Waals surface area contributed by atoms with Crippen LogP contribution in [0.25, 0.3) is 0 Å². The van der Waals surface area contributed by atoms with Gasteiger partial charge in [-0.1, -0.05) is 6.92 Å². The molecule has 0 unspecified atom stereocenters. The molecule has 2 amide bonds. The molecule has 0 aromatic carbocycles. The largest absolute Gasteiger partial charge is 0.353 e. The van der Waals surface area contributed by atoms with Gasteiger partial charge < -0.3 is 21.4 Å². The van der Waals surface area contributed by atoms with E-state index in [1.807, 2.05) is 6.92 Å². The summed E-state index contributed by atoms with van der Waals surface area (Å²) in [5.41, 5.74) is 5.36. The van der Waals surface area contributed by atoms with Crippen molar-refractivity contribution in [3.8, 4) is 0 Å². The Morgan fingerprint density at radius 1 is 1.18 bits per heavy atom. The van der Waals surface area contributed by atoms with Crippen molar-refractivity contribution in [2.24, 2.45) is 5.73 Å². The molecule has 0 aliphatic heterocycles. The number of aromatic nitrogens is 3. The van der Waals surface area contributed by atoms with Crippen molar-refractivity contribution in [3.63, 3.8) is 0 Å². The number of nitrogens with two attached hydrogens (primary N) is 1. The van der Waals surface area contributed by atoms with Crippen LogP contribution in [-0.4, -0.2) is 45.6 Å². The summed E-state index contributed by atoms with van der Waals surface area (Å²) in [6.07, 6.45) is 4.48. The third-order valence-corrected chi connectivity index (χ3v) is 3.88. The molecular weight excluding hydrogens is 284 g/mol. The number of carbonyl (C=O) groups excluding carboxylic acids is 2. The summed E-state index contributed by atoms with van der Waals surface area (Å²) in [5.74, 6) is 0.748. The van der Waals surface area contributed by atoms with Crippen LogP contribution < -0.4 is 16.4 Å². The fourth-order valence-corrected chi connectivity index (χ4v) is 2.63. The second kappa shape index (κ2) is 7.88. The van der Waals surface area contributed by atoms with Gasteiger partial charge in [0, 0.05) is 31.5 Å². The lowest BCUT2D eigenvalue weighted by Gasteiger charge is -2.29. The van der Waals surface area contributed by atoms with Gasteiger partial charge >= 0.3 is 0 Å². The third-order valence-electron chi connectivity index (χ3n) is 3.88. The lowest BCUT2D eigenvalue weighted by atomic mass is 9.91. The minimum absolute atomic E-state index is 0.00346. The normalized spacial score (nSPS) is 21.4. The quantitative estimate of drug-likeness (QED) is 0.582.